The molecule has 138 valence electrons. The van der Waals surface area contributed by atoms with Crippen LogP contribution in [0.4, 0.5) is 24.7 Å². The summed E-state index contributed by atoms with van der Waals surface area (Å²) in [7, 11) is 0. The molecule has 1 aromatic heterocycles. The highest BCUT2D eigenvalue weighted by molar-refractivity contribution is 5.86. The third kappa shape index (κ3) is 3.58. The van der Waals surface area contributed by atoms with Gasteiger partial charge in [0.25, 0.3) is 0 Å². The van der Waals surface area contributed by atoms with Crippen LogP contribution >= 0.6 is 0 Å². The molecule has 1 aliphatic rings. The van der Waals surface area contributed by atoms with Gasteiger partial charge in [0.15, 0.2) is 0 Å². The number of alkyl halides is 3. The molecule has 0 bridgehead atoms. The molecule has 0 spiro atoms. The van der Waals surface area contributed by atoms with Crippen molar-refractivity contribution >= 4 is 17.4 Å². The minimum Gasteiger partial charge on any atom is -0.352 e. The standard InChI is InChI=1S/C18H19F3N4O/c1-3-15(26)22-10-17(2)11-24(16-8-9-23-25(16)12-17)14-6-4-13(5-7-14)18(19,20)21/h3-9H,1,10-12H2,2H3,(H,22,26)/t17-/m1/s1. The smallest absolute Gasteiger partial charge is 0.352 e. The minimum atomic E-state index is -4.37. The van der Waals surface area contributed by atoms with Crippen LogP contribution in [0.3, 0.4) is 0 Å². The van der Waals surface area contributed by atoms with Crippen LogP contribution in [0.15, 0.2) is 49.2 Å². The quantitative estimate of drug-likeness (QED) is 0.847. The van der Waals surface area contributed by atoms with Crippen LogP contribution in [0.2, 0.25) is 0 Å². The van der Waals surface area contributed by atoms with Gasteiger partial charge in [0, 0.05) is 30.3 Å². The molecule has 2 aromatic rings. The van der Waals surface area contributed by atoms with E-state index in [1.165, 1.54) is 18.2 Å². The number of anilines is 2. The number of nitrogens with one attached hydrogen (secondary N) is 1. The summed E-state index contributed by atoms with van der Waals surface area (Å²) in [6.45, 7) is 6.95. The first-order chi connectivity index (χ1) is 12.2. The largest absolute Gasteiger partial charge is 0.416 e. The number of halogens is 3. The molecule has 0 saturated carbocycles. The Kier molecular flexibility index (Phi) is 4.52. The Bertz CT molecular complexity index is 813. The molecule has 5 nitrogen and oxygen atoms in total. The highest BCUT2D eigenvalue weighted by atomic mass is 19.4. The number of aromatic nitrogens is 2. The number of hydrogen-bond acceptors (Lipinski definition) is 3. The molecule has 0 radical (unpaired) electrons. The number of benzene rings is 1. The van der Waals surface area contributed by atoms with Crippen molar-refractivity contribution in [3.63, 3.8) is 0 Å². The number of rotatable bonds is 4. The lowest BCUT2D eigenvalue weighted by Gasteiger charge is -2.41. The van der Waals surface area contributed by atoms with Crippen LogP contribution in [0, 0.1) is 5.41 Å². The number of carbonyl (C=O) groups excluding carboxylic acids is 1. The minimum absolute atomic E-state index is 0.265. The number of hydrogen-bond donors (Lipinski definition) is 1. The molecule has 1 aliphatic heterocycles. The van der Waals surface area contributed by atoms with Gasteiger partial charge in [0.1, 0.15) is 5.82 Å². The molecule has 26 heavy (non-hydrogen) atoms. The summed E-state index contributed by atoms with van der Waals surface area (Å²) in [5.41, 5.74) is -0.395. The van der Waals surface area contributed by atoms with E-state index in [-0.39, 0.29) is 11.3 Å². The molecule has 3 rings (SSSR count). The van der Waals surface area contributed by atoms with E-state index in [0.29, 0.717) is 25.3 Å². The lowest BCUT2D eigenvalue weighted by Crippen LogP contribution is -2.48. The fourth-order valence-electron chi connectivity index (χ4n) is 3.09. The number of fused-ring (bicyclic) bond motifs is 1. The Morgan fingerprint density at radius 3 is 2.62 bits per heavy atom. The molecular formula is C18H19F3N4O. The van der Waals surface area contributed by atoms with Gasteiger partial charge in [-0.1, -0.05) is 13.5 Å². The van der Waals surface area contributed by atoms with E-state index in [2.05, 4.69) is 17.0 Å². The van der Waals surface area contributed by atoms with E-state index in [0.717, 1.165) is 18.0 Å². The summed E-state index contributed by atoms with van der Waals surface area (Å²) < 4.78 is 40.2. The zero-order valence-corrected chi connectivity index (χ0v) is 14.3. The molecule has 0 unspecified atom stereocenters. The van der Waals surface area contributed by atoms with Crippen LogP contribution in [0.5, 0.6) is 0 Å². The van der Waals surface area contributed by atoms with Crippen molar-refractivity contribution in [2.24, 2.45) is 5.41 Å². The van der Waals surface area contributed by atoms with Crippen molar-refractivity contribution in [2.45, 2.75) is 19.6 Å². The monoisotopic (exact) mass is 364 g/mol. The summed E-state index contributed by atoms with van der Waals surface area (Å²) in [4.78, 5) is 13.4. The lowest BCUT2D eigenvalue weighted by atomic mass is 9.87. The molecule has 2 heterocycles. The Balaban J connectivity index is 1.89. The predicted octanol–water partition coefficient (Wildman–Crippen LogP) is 3.36. The van der Waals surface area contributed by atoms with Crippen molar-refractivity contribution in [3.05, 3.63) is 54.7 Å². The van der Waals surface area contributed by atoms with E-state index in [9.17, 15) is 18.0 Å². The van der Waals surface area contributed by atoms with E-state index in [4.69, 9.17) is 0 Å². The van der Waals surface area contributed by atoms with E-state index in [1.54, 1.807) is 10.9 Å². The third-order valence-electron chi connectivity index (χ3n) is 4.42. The molecule has 1 aromatic carbocycles. The topological polar surface area (TPSA) is 50.2 Å². The fraction of sp³-hybridized carbons (Fsp3) is 0.333. The zero-order chi connectivity index (χ0) is 18.9. The Morgan fingerprint density at radius 2 is 2.00 bits per heavy atom. The summed E-state index contributed by atoms with van der Waals surface area (Å²) in [5, 5.41) is 7.09. The van der Waals surface area contributed by atoms with Crippen LogP contribution in [-0.4, -0.2) is 28.8 Å². The first-order valence-electron chi connectivity index (χ1n) is 8.09. The van der Waals surface area contributed by atoms with E-state index < -0.39 is 11.7 Å². The first-order valence-corrected chi connectivity index (χ1v) is 8.09. The Morgan fingerprint density at radius 1 is 1.31 bits per heavy atom. The van der Waals surface area contributed by atoms with Gasteiger partial charge in [-0.05, 0) is 30.3 Å². The lowest BCUT2D eigenvalue weighted by molar-refractivity contribution is -0.137. The molecule has 1 atom stereocenters. The van der Waals surface area contributed by atoms with Crippen LogP contribution < -0.4 is 10.2 Å². The number of amides is 1. The maximum absolute atomic E-state index is 12.8. The summed E-state index contributed by atoms with van der Waals surface area (Å²) in [5.74, 6) is 0.538. The summed E-state index contributed by atoms with van der Waals surface area (Å²) >= 11 is 0. The highest BCUT2D eigenvalue weighted by Gasteiger charge is 2.36. The van der Waals surface area contributed by atoms with Gasteiger partial charge in [0.05, 0.1) is 18.3 Å². The molecule has 0 aliphatic carbocycles. The maximum atomic E-state index is 12.8. The highest BCUT2D eigenvalue weighted by Crippen LogP contribution is 2.37. The molecule has 8 heteroatoms. The van der Waals surface area contributed by atoms with Crippen molar-refractivity contribution in [3.8, 4) is 0 Å². The molecule has 0 fully saturated rings. The van der Waals surface area contributed by atoms with Crippen molar-refractivity contribution in [1.82, 2.24) is 15.1 Å². The van der Waals surface area contributed by atoms with E-state index >= 15 is 0 Å². The molecular weight excluding hydrogens is 345 g/mol. The normalized spacial score (nSPS) is 19.8. The molecule has 0 saturated heterocycles. The first kappa shape index (κ1) is 18.0. The van der Waals surface area contributed by atoms with E-state index in [1.807, 2.05) is 17.9 Å². The summed E-state index contributed by atoms with van der Waals surface area (Å²) in [6, 6.07) is 6.87. The average Bonchev–Trinajstić information content (AvgIpc) is 3.06. The van der Waals surface area contributed by atoms with Gasteiger partial charge >= 0.3 is 6.18 Å². The van der Waals surface area contributed by atoms with Gasteiger partial charge in [-0.2, -0.15) is 18.3 Å². The Hall–Kier alpha value is -2.77. The van der Waals surface area contributed by atoms with Crippen LogP contribution in [-0.2, 0) is 17.5 Å². The number of carbonyl (C=O) groups is 1. The zero-order valence-electron chi connectivity index (χ0n) is 14.3. The average molecular weight is 364 g/mol. The Labute approximate surface area is 149 Å². The second kappa shape index (κ2) is 6.51. The van der Waals surface area contributed by atoms with Crippen molar-refractivity contribution < 1.29 is 18.0 Å². The summed E-state index contributed by atoms with van der Waals surface area (Å²) in [6.07, 6.45) is -1.51. The predicted molar refractivity (Wildman–Crippen MR) is 92.0 cm³/mol. The van der Waals surface area contributed by atoms with Gasteiger partial charge < -0.3 is 10.2 Å². The fourth-order valence-corrected chi connectivity index (χ4v) is 3.09. The van der Waals surface area contributed by atoms with Crippen LogP contribution in [0.25, 0.3) is 0 Å². The van der Waals surface area contributed by atoms with Gasteiger partial charge in [-0.25, -0.2) is 4.68 Å². The van der Waals surface area contributed by atoms with Gasteiger partial charge in [-0.15, -0.1) is 0 Å². The second-order valence-electron chi connectivity index (χ2n) is 6.71. The second-order valence-corrected chi connectivity index (χ2v) is 6.71. The number of nitrogens with zero attached hydrogens (tertiary/aromatic N) is 3. The van der Waals surface area contributed by atoms with Gasteiger partial charge in [-0.3, -0.25) is 4.79 Å². The van der Waals surface area contributed by atoms with Gasteiger partial charge in [0.2, 0.25) is 5.91 Å². The molecule has 1 amide bonds. The van der Waals surface area contributed by atoms with Crippen molar-refractivity contribution in [1.29, 1.82) is 0 Å². The van der Waals surface area contributed by atoms with Crippen LogP contribution in [0.1, 0.15) is 12.5 Å². The third-order valence-corrected chi connectivity index (χ3v) is 4.42. The SMILES string of the molecule is C=CC(=O)NC[C@]1(C)CN(c2ccc(C(F)(F)F)cc2)c2ccnn2C1. The molecule has 1 N–H and O–H groups in total. The maximum Gasteiger partial charge on any atom is 0.416 e. The van der Waals surface area contributed by atoms with Crippen molar-refractivity contribution in [2.75, 3.05) is 18.0 Å².